The molecule has 1 saturated carbocycles. The van der Waals surface area contributed by atoms with Crippen molar-refractivity contribution in [1.82, 2.24) is 4.90 Å². The minimum absolute atomic E-state index is 0.0845. The van der Waals surface area contributed by atoms with Gasteiger partial charge in [0.05, 0.1) is 12.1 Å². The largest absolute Gasteiger partial charge is 0.325 e. The zero-order valence-electron chi connectivity index (χ0n) is 7.60. The molecule has 2 aliphatic rings. The van der Waals surface area contributed by atoms with Crippen LogP contribution in [0, 0.1) is 23.2 Å². The van der Waals surface area contributed by atoms with E-state index >= 15 is 0 Å². The molecule has 0 radical (unpaired) electrons. The SMILES string of the molecule is C[C@H](N)C(=O)N1CC2CC2C1C#N. The summed E-state index contributed by atoms with van der Waals surface area (Å²) in [5.41, 5.74) is 5.49. The Morgan fingerprint density at radius 3 is 3.00 bits per heavy atom. The second-order valence-electron chi connectivity index (χ2n) is 4.01. The van der Waals surface area contributed by atoms with Crippen LogP contribution in [0.4, 0.5) is 0 Å². The Labute approximate surface area is 77.3 Å². The highest BCUT2D eigenvalue weighted by Gasteiger charge is 2.54. The number of hydrogen-bond acceptors (Lipinski definition) is 3. The second-order valence-corrected chi connectivity index (χ2v) is 4.01. The maximum atomic E-state index is 11.5. The Kier molecular flexibility index (Phi) is 1.77. The van der Waals surface area contributed by atoms with Crippen molar-refractivity contribution in [3.63, 3.8) is 0 Å². The fraction of sp³-hybridized carbons (Fsp3) is 0.778. The van der Waals surface area contributed by atoms with E-state index in [9.17, 15) is 4.79 Å². The number of amides is 1. The van der Waals surface area contributed by atoms with Crippen molar-refractivity contribution in [2.45, 2.75) is 25.4 Å². The summed E-state index contributed by atoms with van der Waals surface area (Å²) >= 11 is 0. The van der Waals surface area contributed by atoms with Crippen LogP contribution in [0.15, 0.2) is 0 Å². The lowest BCUT2D eigenvalue weighted by atomic mass is 10.2. The van der Waals surface area contributed by atoms with Gasteiger partial charge in [0.15, 0.2) is 0 Å². The molecule has 4 atom stereocenters. The standard InChI is InChI=1S/C9H13N3O/c1-5(11)9(13)12-4-6-2-7(6)8(12)3-10/h5-8H,2,4,11H2,1H3/t5-,6?,7?,8?/m0/s1. The zero-order valence-corrected chi connectivity index (χ0v) is 7.60. The number of carbonyl (C=O) groups is 1. The highest BCUT2D eigenvalue weighted by Crippen LogP contribution is 2.49. The molecule has 0 spiro atoms. The van der Waals surface area contributed by atoms with E-state index < -0.39 is 6.04 Å². The summed E-state index contributed by atoms with van der Waals surface area (Å²) in [6, 6.07) is 1.51. The van der Waals surface area contributed by atoms with Gasteiger partial charge < -0.3 is 10.6 Å². The number of nitrogens with zero attached hydrogens (tertiary/aromatic N) is 2. The van der Waals surface area contributed by atoms with E-state index in [0.717, 1.165) is 13.0 Å². The van der Waals surface area contributed by atoms with Gasteiger partial charge in [-0.2, -0.15) is 5.26 Å². The van der Waals surface area contributed by atoms with Crippen molar-refractivity contribution < 1.29 is 4.79 Å². The highest BCUT2D eigenvalue weighted by molar-refractivity contribution is 5.82. The fourth-order valence-corrected chi connectivity index (χ4v) is 2.12. The first-order chi connectivity index (χ1) is 6.15. The monoisotopic (exact) mass is 179 g/mol. The average molecular weight is 179 g/mol. The van der Waals surface area contributed by atoms with Gasteiger partial charge in [-0.25, -0.2) is 0 Å². The summed E-state index contributed by atoms with van der Waals surface area (Å²) < 4.78 is 0. The molecule has 4 nitrogen and oxygen atoms in total. The van der Waals surface area contributed by atoms with Crippen LogP contribution >= 0.6 is 0 Å². The van der Waals surface area contributed by atoms with Crippen molar-refractivity contribution in [1.29, 1.82) is 5.26 Å². The maximum absolute atomic E-state index is 11.5. The van der Waals surface area contributed by atoms with Crippen molar-refractivity contribution in [3.05, 3.63) is 0 Å². The number of carbonyl (C=O) groups excluding carboxylic acids is 1. The maximum Gasteiger partial charge on any atom is 0.240 e. The van der Waals surface area contributed by atoms with Crippen LogP contribution in [0.2, 0.25) is 0 Å². The van der Waals surface area contributed by atoms with E-state index in [1.807, 2.05) is 0 Å². The predicted molar refractivity (Wildman–Crippen MR) is 46.4 cm³/mol. The normalized spacial score (nSPS) is 37.9. The molecular weight excluding hydrogens is 166 g/mol. The van der Waals surface area contributed by atoms with E-state index in [1.165, 1.54) is 0 Å². The quantitative estimate of drug-likeness (QED) is 0.601. The summed E-state index contributed by atoms with van der Waals surface area (Å²) in [5.74, 6) is 0.929. The molecule has 0 aromatic rings. The number of hydrogen-bond donors (Lipinski definition) is 1. The molecule has 0 aromatic carbocycles. The smallest absolute Gasteiger partial charge is 0.240 e. The molecule has 70 valence electrons. The van der Waals surface area contributed by atoms with Crippen molar-refractivity contribution >= 4 is 5.91 Å². The average Bonchev–Trinajstić information content (AvgIpc) is 2.76. The number of nitrogens with two attached hydrogens (primary N) is 1. The van der Waals surface area contributed by atoms with Crippen molar-refractivity contribution in [3.8, 4) is 6.07 Å². The molecule has 2 fully saturated rings. The summed E-state index contributed by atoms with van der Waals surface area (Å²) in [6.07, 6.45) is 1.11. The summed E-state index contributed by atoms with van der Waals surface area (Å²) in [5, 5.41) is 8.88. The Morgan fingerprint density at radius 1 is 1.77 bits per heavy atom. The topological polar surface area (TPSA) is 70.1 Å². The highest BCUT2D eigenvalue weighted by atomic mass is 16.2. The molecule has 0 aromatic heterocycles. The molecule has 0 bridgehead atoms. The third kappa shape index (κ3) is 1.20. The van der Waals surface area contributed by atoms with E-state index in [-0.39, 0.29) is 11.9 Å². The van der Waals surface area contributed by atoms with Gasteiger partial charge in [-0.1, -0.05) is 0 Å². The van der Waals surface area contributed by atoms with Gasteiger partial charge in [-0.05, 0) is 25.2 Å². The fourth-order valence-electron chi connectivity index (χ4n) is 2.12. The van der Waals surface area contributed by atoms with Gasteiger partial charge in [-0.3, -0.25) is 4.79 Å². The third-order valence-electron chi connectivity index (χ3n) is 2.95. The molecule has 3 unspecified atom stereocenters. The van der Waals surface area contributed by atoms with Gasteiger partial charge in [0.25, 0.3) is 0 Å². The van der Waals surface area contributed by atoms with E-state index in [0.29, 0.717) is 11.8 Å². The summed E-state index contributed by atoms with van der Waals surface area (Å²) in [4.78, 5) is 13.2. The first kappa shape index (κ1) is 8.52. The minimum Gasteiger partial charge on any atom is -0.325 e. The lowest BCUT2D eigenvalue weighted by molar-refractivity contribution is -0.132. The number of likely N-dealkylation sites (tertiary alicyclic amines) is 1. The van der Waals surface area contributed by atoms with Crippen LogP contribution in [0.5, 0.6) is 0 Å². The predicted octanol–water partition coefficient (Wildman–Crippen LogP) is -0.296. The van der Waals surface area contributed by atoms with Crippen LogP contribution in [0.25, 0.3) is 0 Å². The number of piperidine rings is 1. The van der Waals surface area contributed by atoms with Crippen molar-refractivity contribution in [2.24, 2.45) is 17.6 Å². The zero-order chi connectivity index (χ0) is 9.59. The van der Waals surface area contributed by atoms with Crippen LogP contribution in [0.3, 0.4) is 0 Å². The van der Waals surface area contributed by atoms with Crippen LogP contribution < -0.4 is 5.73 Å². The van der Waals surface area contributed by atoms with Gasteiger partial charge in [-0.15, -0.1) is 0 Å². The minimum atomic E-state index is -0.478. The van der Waals surface area contributed by atoms with Gasteiger partial charge in [0.1, 0.15) is 6.04 Å². The molecular formula is C9H13N3O. The Hall–Kier alpha value is -1.08. The number of fused-ring (bicyclic) bond motifs is 1. The third-order valence-corrected chi connectivity index (χ3v) is 2.95. The van der Waals surface area contributed by atoms with Crippen LogP contribution in [-0.2, 0) is 4.79 Å². The summed E-state index contributed by atoms with van der Waals surface area (Å²) in [6.45, 7) is 2.41. The van der Waals surface area contributed by atoms with Crippen LogP contribution in [-0.4, -0.2) is 29.4 Å². The first-order valence-corrected chi connectivity index (χ1v) is 4.61. The van der Waals surface area contributed by atoms with Gasteiger partial charge >= 0.3 is 0 Å². The molecule has 1 aliphatic heterocycles. The molecule has 2 N–H and O–H groups in total. The number of rotatable bonds is 1. The molecule has 1 amide bonds. The molecule has 4 heteroatoms. The number of nitriles is 1. The molecule has 2 rings (SSSR count). The van der Waals surface area contributed by atoms with Gasteiger partial charge in [0.2, 0.25) is 5.91 Å². The molecule has 1 aliphatic carbocycles. The Morgan fingerprint density at radius 2 is 2.46 bits per heavy atom. The van der Waals surface area contributed by atoms with Gasteiger partial charge in [0, 0.05) is 6.54 Å². The molecule has 1 heterocycles. The van der Waals surface area contributed by atoms with E-state index in [1.54, 1.807) is 11.8 Å². The van der Waals surface area contributed by atoms with E-state index in [2.05, 4.69) is 6.07 Å². The lowest BCUT2D eigenvalue weighted by Gasteiger charge is -2.24. The van der Waals surface area contributed by atoms with E-state index in [4.69, 9.17) is 11.0 Å². The lowest BCUT2D eigenvalue weighted by Crippen LogP contribution is -2.45. The first-order valence-electron chi connectivity index (χ1n) is 4.61. The Balaban J connectivity index is 2.09. The van der Waals surface area contributed by atoms with Crippen LogP contribution in [0.1, 0.15) is 13.3 Å². The Bertz CT molecular complexity index is 281. The second kappa shape index (κ2) is 2.71. The molecule has 1 saturated heterocycles. The molecule has 13 heavy (non-hydrogen) atoms. The summed E-state index contributed by atoms with van der Waals surface area (Å²) in [7, 11) is 0. The van der Waals surface area contributed by atoms with Crippen molar-refractivity contribution in [2.75, 3.05) is 6.54 Å².